The fourth-order valence-corrected chi connectivity index (χ4v) is 18.3. The van der Waals surface area contributed by atoms with Crippen molar-refractivity contribution in [3.63, 3.8) is 0 Å². The van der Waals surface area contributed by atoms with E-state index in [0.717, 1.165) is 37.0 Å². The van der Waals surface area contributed by atoms with E-state index in [0.29, 0.717) is 37.1 Å². The van der Waals surface area contributed by atoms with Crippen molar-refractivity contribution in [1.82, 2.24) is 14.9 Å². The van der Waals surface area contributed by atoms with Gasteiger partial charge in [0.2, 0.25) is 0 Å². The molecule has 1 aromatic heterocycles. The first-order valence-corrected chi connectivity index (χ1v) is 26.0. The van der Waals surface area contributed by atoms with E-state index < -0.39 is 46.6 Å². The lowest BCUT2D eigenvalue weighted by Crippen LogP contribution is -2.67. The van der Waals surface area contributed by atoms with Crippen molar-refractivity contribution in [2.24, 2.45) is 79.5 Å². The van der Waals surface area contributed by atoms with Gasteiger partial charge < -0.3 is 41.8 Å². The molecule has 1 spiro atoms. The zero-order chi connectivity index (χ0) is 43.7. The van der Waals surface area contributed by atoms with E-state index in [-0.39, 0.29) is 59.2 Å². The summed E-state index contributed by atoms with van der Waals surface area (Å²) in [5.41, 5.74) is 13.3. The Labute approximate surface area is 372 Å². The molecule has 9 N–H and O–H groups in total. The van der Waals surface area contributed by atoms with Gasteiger partial charge >= 0.3 is 0 Å². The van der Waals surface area contributed by atoms with Gasteiger partial charge in [-0.05, 0) is 129 Å². The first-order valence-electron chi connectivity index (χ1n) is 23.5. The molecule has 14 atom stereocenters. The number of aliphatic hydroxyl groups excluding tert-OH is 3. The van der Waals surface area contributed by atoms with Crippen molar-refractivity contribution in [1.29, 1.82) is 0 Å². The molecule has 0 radical (unpaired) electrons. The third-order valence-electron chi connectivity index (χ3n) is 18.3. The number of nitrogens with two attached hydrogens (primary N) is 2. The molecular weight excluding hydrogens is 805 g/mol. The van der Waals surface area contributed by atoms with E-state index in [4.69, 9.17) is 11.5 Å². The topological polar surface area (TPSA) is 192 Å². The average molecular weight is 881 g/mol. The van der Waals surface area contributed by atoms with Gasteiger partial charge in [0.25, 0.3) is 0 Å². The molecular formula is C48H76N6O5S2. The number of carbonyl (C=O) groups is 1. The molecule has 61 heavy (non-hydrogen) atoms. The van der Waals surface area contributed by atoms with E-state index in [1.54, 1.807) is 11.6 Å². The fraction of sp³-hybridized carbons (Fsp3) is 0.812. The number of fused-ring (bicyclic) bond motifs is 9. The number of hydrogen-bond donors (Lipinski definition) is 7. The Morgan fingerprint density at radius 3 is 2.41 bits per heavy atom. The Bertz CT molecular complexity index is 1860. The Morgan fingerprint density at radius 2 is 1.72 bits per heavy atom. The average Bonchev–Trinajstić information content (AvgIpc) is 3.95. The van der Waals surface area contributed by atoms with Crippen molar-refractivity contribution in [3.8, 4) is 0 Å². The molecule has 5 saturated carbocycles. The summed E-state index contributed by atoms with van der Waals surface area (Å²) in [6, 6.07) is 0.196. The lowest BCUT2D eigenvalue weighted by atomic mass is 9.41. The van der Waals surface area contributed by atoms with Crippen LogP contribution in [0.15, 0.2) is 46.5 Å². The predicted octanol–water partition coefficient (Wildman–Crippen LogP) is 6.43. The number of aromatic nitrogens is 2. The molecule has 6 fully saturated rings. The molecule has 0 unspecified atom stereocenters. The normalized spacial score (nSPS) is 45.0. The van der Waals surface area contributed by atoms with Crippen molar-refractivity contribution in [3.05, 3.63) is 41.5 Å². The van der Waals surface area contributed by atoms with Gasteiger partial charge in [-0.25, -0.2) is 4.98 Å². The molecule has 0 aromatic carbocycles. The molecule has 13 heteroatoms. The van der Waals surface area contributed by atoms with Crippen LogP contribution in [0.3, 0.4) is 0 Å². The lowest BCUT2D eigenvalue weighted by molar-refractivity contribution is -0.182. The van der Waals surface area contributed by atoms with Gasteiger partial charge in [0.1, 0.15) is 0 Å². The number of nitrogens with one attached hydrogen (secondary N) is 1. The summed E-state index contributed by atoms with van der Waals surface area (Å²) in [7, 11) is 5.50. The second kappa shape index (κ2) is 17.2. The van der Waals surface area contributed by atoms with Gasteiger partial charge in [-0.1, -0.05) is 80.2 Å². The zero-order valence-electron chi connectivity index (χ0n) is 37.7. The Kier molecular flexibility index (Phi) is 12.9. The standard InChI is InChI=1S/C48H76N6O5S2/c1-28-34-16-31(25-60-61-26-32(54-15-14-52-27-54)21-44(2,3)35(17-37(28)55)29-10-9-13-47(20-29)11-7-8-12-47)48(59)36-18-38(56)41-33(24-51-6)42(58)39(57)22-45(41,4)40(36)30(19-46(34,48)5)23-53-43(49)50/h14-15,18,27-28,30-34,37,39-42,51,55,57-59H,7-13,16-17,19-26H2,1-6H3,(H4,49,50,53)/b35-29+/t28-,30+,31+,32-,33+,34+,37+,39-,40-,41-,42+,45+,46+,48+/m0/s1. The van der Waals surface area contributed by atoms with Crippen LogP contribution in [-0.4, -0.2) is 97.3 Å². The number of ketones is 1. The SMILES string of the molecule is CNC[C@H]1[C@@H](O)[C@@H](O)C[C@]2(C)[C@@H]3C(=CC(=O)[C@H]12)[C@]1(O)[C@H]2CSSC[C@@H](n4ccnc4)CC(C)(C)/C(=C4\CCCC5(CCCC5)C4)C[C@@H](O)[C@@H](C)[C@@H](C2)[C@@]1(C)C[C@@H]3CN=C(N)N. The summed E-state index contributed by atoms with van der Waals surface area (Å²) in [6.07, 6.45) is 18.1. The number of allylic oxidation sites excluding steroid dienone is 2. The Hall–Kier alpha value is -1.87. The van der Waals surface area contributed by atoms with E-state index in [2.05, 4.69) is 60.7 Å². The summed E-state index contributed by atoms with van der Waals surface area (Å²) < 4.78 is 2.27. The van der Waals surface area contributed by atoms with Crippen molar-refractivity contribution in [2.45, 2.75) is 148 Å². The first-order chi connectivity index (χ1) is 28.9. The molecule has 7 aliphatic rings. The van der Waals surface area contributed by atoms with E-state index >= 15 is 0 Å². The maximum atomic E-state index is 14.8. The second-order valence-electron chi connectivity index (χ2n) is 22.2. The maximum Gasteiger partial charge on any atom is 0.185 e. The minimum Gasteiger partial charge on any atom is -0.393 e. The lowest BCUT2D eigenvalue weighted by Gasteiger charge is -2.64. The summed E-state index contributed by atoms with van der Waals surface area (Å²) >= 11 is 0. The molecule has 11 nitrogen and oxygen atoms in total. The molecule has 8 rings (SSSR count). The Morgan fingerprint density at radius 1 is 1.00 bits per heavy atom. The second-order valence-corrected chi connectivity index (χ2v) is 24.7. The highest BCUT2D eigenvalue weighted by molar-refractivity contribution is 8.76. The minimum absolute atomic E-state index is 0.000118. The minimum atomic E-state index is -1.36. The summed E-state index contributed by atoms with van der Waals surface area (Å²) in [5, 5.41) is 53.0. The highest BCUT2D eigenvalue weighted by Gasteiger charge is 2.73. The third kappa shape index (κ3) is 7.81. The van der Waals surface area contributed by atoms with Crippen LogP contribution in [0.4, 0.5) is 0 Å². The monoisotopic (exact) mass is 881 g/mol. The van der Waals surface area contributed by atoms with Crippen LogP contribution in [0.1, 0.15) is 124 Å². The van der Waals surface area contributed by atoms with Crippen molar-refractivity contribution >= 4 is 33.3 Å². The Balaban J connectivity index is 1.24. The molecule has 0 amide bonds. The number of rotatable bonds is 5. The number of carbonyl (C=O) groups excluding carboxylic acids is 1. The quantitative estimate of drug-likeness (QED) is 0.0747. The highest BCUT2D eigenvalue weighted by atomic mass is 33.1. The number of imidazole rings is 1. The largest absolute Gasteiger partial charge is 0.393 e. The van der Waals surface area contributed by atoms with Gasteiger partial charge in [-0.3, -0.25) is 9.79 Å². The molecule has 340 valence electrons. The van der Waals surface area contributed by atoms with Crippen LogP contribution in [0.5, 0.6) is 0 Å². The van der Waals surface area contributed by atoms with Crippen molar-refractivity contribution < 1.29 is 25.2 Å². The number of guanidine groups is 1. The van der Waals surface area contributed by atoms with Crippen LogP contribution >= 0.6 is 21.6 Å². The van der Waals surface area contributed by atoms with Crippen LogP contribution in [-0.2, 0) is 4.79 Å². The molecule has 1 saturated heterocycles. The van der Waals surface area contributed by atoms with Gasteiger partial charge in [-0.15, -0.1) is 0 Å². The molecule has 2 bridgehead atoms. The molecule has 6 aliphatic carbocycles. The molecule has 1 aliphatic heterocycles. The van der Waals surface area contributed by atoms with Crippen LogP contribution in [0, 0.1) is 63.1 Å². The number of nitrogens with zero attached hydrogens (tertiary/aromatic N) is 3. The van der Waals surface area contributed by atoms with Crippen molar-refractivity contribution in [2.75, 3.05) is 31.6 Å². The summed E-state index contributed by atoms with van der Waals surface area (Å²) in [4.78, 5) is 23.9. The van der Waals surface area contributed by atoms with Crippen LogP contribution < -0.4 is 16.8 Å². The fourth-order valence-electron chi connectivity index (χ4n) is 15.6. The molecule has 1 aromatic rings. The van der Waals surface area contributed by atoms with Gasteiger partial charge in [0.05, 0.1) is 30.2 Å². The third-order valence-corrected chi connectivity index (χ3v) is 20.8. The van der Waals surface area contributed by atoms with Gasteiger partial charge in [0.15, 0.2) is 11.7 Å². The van der Waals surface area contributed by atoms with Gasteiger partial charge in [0, 0.05) is 66.2 Å². The maximum absolute atomic E-state index is 14.8. The smallest absolute Gasteiger partial charge is 0.185 e. The van der Waals surface area contributed by atoms with E-state index in [1.165, 1.54) is 44.1 Å². The summed E-state index contributed by atoms with van der Waals surface area (Å²) in [5.74, 6) is -0.407. The predicted molar refractivity (Wildman–Crippen MR) is 246 cm³/mol. The first kappa shape index (κ1) is 45.7. The van der Waals surface area contributed by atoms with Crippen LogP contribution in [0.25, 0.3) is 0 Å². The highest BCUT2D eigenvalue weighted by Crippen LogP contribution is 2.72. The number of aliphatic hydroxyl groups is 4. The van der Waals surface area contributed by atoms with Gasteiger partial charge in [-0.2, -0.15) is 0 Å². The number of hydrogen-bond acceptors (Lipinski definition) is 10. The zero-order valence-corrected chi connectivity index (χ0v) is 39.3. The number of aliphatic imine (C=N–C) groups is 1. The van der Waals surface area contributed by atoms with Crippen LogP contribution in [0.2, 0.25) is 0 Å². The summed E-state index contributed by atoms with van der Waals surface area (Å²) in [6.45, 7) is 12.1. The van der Waals surface area contributed by atoms with E-state index in [1.807, 2.05) is 41.2 Å². The molecule has 2 heterocycles. The van der Waals surface area contributed by atoms with E-state index in [9.17, 15) is 25.2 Å².